The molecule has 7 heteroatoms. The molecular formula is C20H21N3O3S. The maximum absolute atomic E-state index is 12.5. The summed E-state index contributed by atoms with van der Waals surface area (Å²) >= 11 is 0.941. The first-order valence-electron chi connectivity index (χ1n) is 8.62. The third-order valence-corrected chi connectivity index (χ3v) is 5.23. The summed E-state index contributed by atoms with van der Waals surface area (Å²) in [6.45, 7) is 7.35. The van der Waals surface area contributed by atoms with Crippen LogP contribution in [-0.2, 0) is 4.79 Å². The fourth-order valence-electron chi connectivity index (χ4n) is 2.93. The summed E-state index contributed by atoms with van der Waals surface area (Å²) in [7, 11) is 0. The van der Waals surface area contributed by atoms with E-state index in [0.717, 1.165) is 28.7 Å². The lowest BCUT2D eigenvalue weighted by molar-refractivity contribution is -0.123. The lowest BCUT2D eigenvalue weighted by Gasteiger charge is -2.16. The molecule has 0 spiro atoms. The predicted molar refractivity (Wildman–Crippen MR) is 107 cm³/mol. The maximum atomic E-state index is 12.5. The normalized spacial score (nSPS) is 15.9. The number of nitrogens with zero attached hydrogens (tertiary/aromatic N) is 2. The molecule has 0 aliphatic carbocycles. The molecule has 3 amide bonds. The van der Waals surface area contributed by atoms with E-state index in [2.05, 4.69) is 5.43 Å². The van der Waals surface area contributed by atoms with Crippen LogP contribution in [0.4, 0.5) is 4.79 Å². The summed E-state index contributed by atoms with van der Waals surface area (Å²) in [5.41, 5.74) is 5.82. The monoisotopic (exact) mass is 383 g/mol. The smallest absolute Gasteiger partial charge is 0.268 e. The summed E-state index contributed by atoms with van der Waals surface area (Å²) in [6, 6.07) is 10.6. The van der Waals surface area contributed by atoms with Crippen molar-refractivity contribution in [3.05, 3.63) is 63.8 Å². The fourth-order valence-corrected chi connectivity index (χ4v) is 3.88. The zero-order valence-electron chi connectivity index (χ0n) is 15.6. The lowest BCUT2D eigenvalue weighted by Crippen LogP contribution is -2.34. The van der Waals surface area contributed by atoms with Crippen molar-refractivity contribution in [1.29, 1.82) is 0 Å². The van der Waals surface area contributed by atoms with Crippen molar-refractivity contribution in [2.45, 2.75) is 33.7 Å². The van der Waals surface area contributed by atoms with Gasteiger partial charge in [-0.2, -0.15) is 0 Å². The minimum Gasteiger partial charge on any atom is -0.268 e. The van der Waals surface area contributed by atoms with Gasteiger partial charge in [-0.1, -0.05) is 18.2 Å². The Morgan fingerprint density at radius 3 is 2.41 bits per heavy atom. The highest BCUT2D eigenvalue weighted by atomic mass is 32.2. The van der Waals surface area contributed by atoms with Gasteiger partial charge < -0.3 is 0 Å². The number of carbonyl (C=O) groups is 3. The van der Waals surface area contributed by atoms with Gasteiger partial charge in [0.25, 0.3) is 17.1 Å². The molecular weight excluding hydrogens is 362 g/mol. The van der Waals surface area contributed by atoms with Crippen LogP contribution >= 0.6 is 11.8 Å². The molecule has 2 aromatic rings. The number of rotatable bonds is 4. The molecule has 2 heterocycles. The first kappa shape index (κ1) is 19.0. The molecule has 3 rings (SSSR count). The van der Waals surface area contributed by atoms with Gasteiger partial charge in [0.2, 0.25) is 0 Å². The van der Waals surface area contributed by atoms with Crippen molar-refractivity contribution in [3.8, 4) is 0 Å². The standard InChI is InChI=1S/C20H21N3O3S/c1-12(2)22-19(25)17(27-20(22)26)11-16-10-13(3)23(14(16)4)21-18(24)15-8-6-5-7-9-15/h5-12H,1-4H3,(H,21,24)/b17-11-. The molecule has 0 unspecified atom stereocenters. The SMILES string of the molecule is Cc1cc(/C=C2\SC(=O)N(C(C)C)C2=O)c(C)n1NC(=O)c1ccccc1. The number of imide groups is 1. The van der Waals surface area contributed by atoms with E-state index >= 15 is 0 Å². The third-order valence-electron chi connectivity index (χ3n) is 4.35. The number of carbonyl (C=O) groups excluding carboxylic acids is 3. The van der Waals surface area contributed by atoms with Crippen molar-refractivity contribution >= 4 is 34.9 Å². The first-order valence-corrected chi connectivity index (χ1v) is 9.43. The Morgan fingerprint density at radius 1 is 1.15 bits per heavy atom. The Kier molecular flexibility index (Phi) is 5.23. The molecule has 1 aromatic heterocycles. The molecule has 6 nitrogen and oxygen atoms in total. The number of hydrogen-bond donors (Lipinski definition) is 1. The van der Waals surface area contributed by atoms with Crippen molar-refractivity contribution in [2.24, 2.45) is 0 Å². The van der Waals surface area contributed by atoms with Crippen LogP contribution in [0, 0.1) is 13.8 Å². The molecule has 0 atom stereocenters. The molecule has 0 saturated carbocycles. The van der Waals surface area contributed by atoms with Crippen LogP contribution in [0.2, 0.25) is 0 Å². The molecule has 1 aliphatic heterocycles. The van der Waals surface area contributed by atoms with Crippen molar-refractivity contribution < 1.29 is 14.4 Å². The van der Waals surface area contributed by atoms with Crippen LogP contribution in [0.5, 0.6) is 0 Å². The van der Waals surface area contributed by atoms with E-state index in [9.17, 15) is 14.4 Å². The van der Waals surface area contributed by atoms with Gasteiger partial charge in [0, 0.05) is 23.0 Å². The number of thioether (sulfide) groups is 1. The van der Waals surface area contributed by atoms with E-state index in [4.69, 9.17) is 0 Å². The van der Waals surface area contributed by atoms with E-state index in [1.165, 1.54) is 4.90 Å². The Labute approximate surface area is 162 Å². The van der Waals surface area contributed by atoms with Gasteiger partial charge in [0.05, 0.1) is 4.91 Å². The van der Waals surface area contributed by atoms with Gasteiger partial charge in [0.15, 0.2) is 0 Å². The largest absolute Gasteiger partial charge is 0.293 e. The van der Waals surface area contributed by atoms with Crippen LogP contribution < -0.4 is 5.43 Å². The Morgan fingerprint density at radius 2 is 1.81 bits per heavy atom. The van der Waals surface area contributed by atoms with E-state index in [1.54, 1.807) is 35.0 Å². The quantitative estimate of drug-likeness (QED) is 0.812. The summed E-state index contributed by atoms with van der Waals surface area (Å²) in [5, 5.41) is -0.257. The number of nitrogens with one attached hydrogen (secondary N) is 1. The highest BCUT2D eigenvalue weighted by Gasteiger charge is 2.36. The van der Waals surface area contributed by atoms with Crippen LogP contribution in [-0.4, -0.2) is 32.7 Å². The average Bonchev–Trinajstić information content (AvgIpc) is 3.05. The van der Waals surface area contributed by atoms with Gasteiger partial charge in [-0.3, -0.25) is 29.4 Å². The summed E-state index contributed by atoms with van der Waals surface area (Å²) in [6.07, 6.45) is 1.71. The van der Waals surface area contributed by atoms with Crippen molar-refractivity contribution in [1.82, 2.24) is 9.58 Å². The summed E-state index contributed by atoms with van der Waals surface area (Å²) in [4.78, 5) is 38.6. The third kappa shape index (κ3) is 3.68. The van der Waals surface area contributed by atoms with Gasteiger partial charge in [-0.05, 0) is 69.3 Å². The minimum absolute atomic E-state index is 0.180. The molecule has 140 valence electrons. The summed E-state index contributed by atoms with van der Waals surface area (Å²) in [5.74, 6) is -0.498. The highest BCUT2D eigenvalue weighted by Crippen LogP contribution is 2.34. The number of amides is 3. The van der Waals surface area contributed by atoms with E-state index < -0.39 is 0 Å². The minimum atomic E-state index is -0.280. The number of hydrogen-bond acceptors (Lipinski definition) is 4. The Balaban J connectivity index is 1.87. The first-order chi connectivity index (χ1) is 12.8. The number of benzene rings is 1. The molecule has 0 bridgehead atoms. The second-order valence-corrected chi connectivity index (χ2v) is 7.61. The Bertz CT molecular complexity index is 945. The molecule has 1 fully saturated rings. The second kappa shape index (κ2) is 7.44. The second-order valence-electron chi connectivity index (χ2n) is 6.61. The maximum Gasteiger partial charge on any atom is 0.293 e. The van der Waals surface area contributed by atoms with Crippen LogP contribution in [0.1, 0.15) is 41.2 Å². The molecule has 1 N–H and O–H groups in total. The van der Waals surface area contributed by atoms with Gasteiger partial charge in [-0.15, -0.1) is 0 Å². The molecule has 1 aliphatic rings. The van der Waals surface area contributed by atoms with Crippen LogP contribution in [0.15, 0.2) is 41.3 Å². The van der Waals surface area contributed by atoms with E-state index in [-0.39, 0.29) is 23.1 Å². The van der Waals surface area contributed by atoms with E-state index in [1.807, 2.05) is 39.8 Å². The van der Waals surface area contributed by atoms with Gasteiger partial charge in [0.1, 0.15) is 0 Å². The van der Waals surface area contributed by atoms with Crippen molar-refractivity contribution in [2.75, 3.05) is 5.43 Å². The fraction of sp³-hybridized carbons (Fsp3) is 0.250. The van der Waals surface area contributed by atoms with Gasteiger partial charge in [-0.25, -0.2) is 0 Å². The molecule has 0 radical (unpaired) electrons. The van der Waals surface area contributed by atoms with Crippen molar-refractivity contribution in [3.63, 3.8) is 0 Å². The lowest BCUT2D eigenvalue weighted by atomic mass is 10.2. The van der Waals surface area contributed by atoms with Gasteiger partial charge >= 0.3 is 0 Å². The van der Waals surface area contributed by atoms with Crippen LogP contribution in [0.25, 0.3) is 6.08 Å². The van der Waals surface area contributed by atoms with Crippen LogP contribution in [0.3, 0.4) is 0 Å². The molecule has 27 heavy (non-hydrogen) atoms. The number of aryl methyl sites for hydroxylation is 1. The topological polar surface area (TPSA) is 71.4 Å². The average molecular weight is 383 g/mol. The zero-order chi connectivity index (χ0) is 19.7. The number of aromatic nitrogens is 1. The van der Waals surface area contributed by atoms with E-state index in [0.29, 0.717) is 10.5 Å². The molecule has 1 aromatic carbocycles. The molecule has 1 saturated heterocycles. The highest BCUT2D eigenvalue weighted by molar-refractivity contribution is 8.18. The zero-order valence-corrected chi connectivity index (χ0v) is 16.5. The Hall–Kier alpha value is -2.80. The predicted octanol–water partition coefficient (Wildman–Crippen LogP) is 3.93. The summed E-state index contributed by atoms with van der Waals surface area (Å²) < 4.78 is 1.69.